The minimum atomic E-state index is -4.83. The van der Waals surface area contributed by atoms with Crippen LogP contribution in [0.1, 0.15) is 50.6 Å². The highest BCUT2D eigenvalue weighted by Crippen LogP contribution is 2.32. The van der Waals surface area contributed by atoms with Crippen LogP contribution in [-0.4, -0.2) is 35.8 Å². The van der Waals surface area contributed by atoms with Crippen molar-refractivity contribution in [2.45, 2.75) is 56.3 Å². The number of sulfone groups is 1. The Morgan fingerprint density at radius 3 is 2.58 bits per heavy atom. The number of oxime groups is 1. The van der Waals surface area contributed by atoms with Crippen molar-refractivity contribution in [1.29, 1.82) is 0 Å². The van der Waals surface area contributed by atoms with Crippen molar-refractivity contribution in [1.82, 2.24) is 9.97 Å². The van der Waals surface area contributed by atoms with E-state index in [1.807, 2.05) is 0 Å². The van der Waals surface area contributed by atoms with Gasteiger partial charge >= 0.3 is 12.1 Å². The summed E-state index contributed by atoms with van der Waals surface area (Å²) in [6.45, 7) is 0. The molecule has 2 aromatic rings. The van der Waals surface area contributed by atoms with E-state index in [4.69, 9.17) is 4.84 Å². The van der Waals surface area contributed by atoms with Crippen LogP contribution >= 0.6 is 11.3 Å². The molecule has 1 aliphatic carbocycles. The highest BCUT2D eigenvalue weighted by Gasteiger charge is 2.35. The molecule has 2 aromatic heterocycles. The highest BCUT2D eigenvalue weighted by atomic mass is 32.2. The molecule has 0 saturated heterocycles. The lowest BCUT2D eigenvalue weighted by atomic mass is 9.99. The van der Waals surface area contributed by atoms with Crippen molar-refractivity contribution in [2.24, 2.45) is 5.16 Å². The van der Waals surface area contributed by atoms with Gasteiger partial charge in [0.2, 0.25) is 15.0 Å². The van der Waals surface area contributed by atoms with Gasteiger partial charge in [-0.3, -0.25) is 0 Å². The van der Waals surface area contributed by atoms with Crippen molar-refractivity contribution < 1.29 is 31.2 Å². The molecule has 0 amide bonds. The fourth-order valence-electron chi connectivity index (χ4n) is 2.97. The van der Waals surface area contributed by atoms with Gasteiger partial charge in [0.25, 0.3) is 0 Å². The SMILES string of the molecule is O=C(CCCS(=O)(=O)c1nc(-c2cccs2)cc(C(F)(F)F)n1)ON=C1CCCCC1. The third kappa shape index (κ3) is 6.57. The van der Waals surface area contributed by atoms with Gasteiger partial charge in [-0.2, -0.15) is 13.2 Å². The summed E-state index contributed by atoms with van der Waals surface area (Å²) in [5.41, 5.74) is -0.670. The van der Waals surface area contributed by atoms with E-state index in [9.17, 15) is 26.4 Å². The van der Waals surface area contributed by atoms with Crippen LogP contribution in [0, 0.1) is 0 Å². The Morgan fingerprint density at radius 2 is 1.94 bits per heavy atom. The van der Waals surface area contributed by atoms with Crippen LogP contribution in [0.4, 0.5) is 13.2 Å². The third-order valence-corrected chi connectivity index (χ3v) is 7.01. The first-order chi connectivity index (χ1) is 14.6. The van der Waals surface area contributed by atoms with E-state index >= 15 is 0 Å². The lowest BCUT2D eigenvalue weighted by molar-refractivity contribution is -0.144. The number of halogens is 3. The van der Waals surface area contributed by atoms with Gasteiger partial charge in [-0.15, -0.1) is 11.3 Å². The minimum Gasteiger partial charge on any atom is -0.318 e. The smallest absolute Gasteiger partial charge is 0.318 e. The predicted molar refractivity (Wildman–Crippen MR) is 108 cm³/mol. The van der Waals surface area contributed by atoms with E-state index in [1.54, 1.807) is 11.4 Å². The monoisotopic (exact) mass is 475 g/mol. The standard InChI is InChI=1S/C19H20F3N3O4S2/c20-19(21,22)16-12-14(15-8-4-10-30-15)23-18(24-16)31(27,28)11-5-9-17(26)29-25-13-6-2-1-3-7-13/h4,8,10,12H,1-3,5-7,9,11H2. The summed E-state index contributed by atoms with van der Waals surface area (Å²) in [6, 6.07) is 3.87. The van der Waals surface area contributed by atoms with Crippen LogP contribution in [0.25, 0.3) is 10.6 Å². The molecule has 2 heterocycles. The molecule has 1 aliphatic rings. The molecule has 0 spiro atoms. The lowest BCUT2D eigenvalue weighted by Gasteiger charge is -2.11. The van der Waals surface area contributed by atoms with Gasteiger partial charge in [-0.25, -0.2) is 23.2 Å². The Morgan fingerprint density at radius 1 is 1.19 bits per heavy atom. The number of hydrogen-bond donors (Lipinski definition) is 0. The van der Waals surface area contributed by atoms with Crippen LogP contribution in [0.2, 0.25) is 0 Å². The summed E-state index contributed by atoms with van der Waals surface area (Å²) in [5, 5.41) is 4.53. The average molecular weight is 476 g/mol. The molecule has 12 heteroatoms. The molecule has 168 valence electrons. The number of aromatic nitrogens is 2. The Labute approximate surface area is 181 Å². The summed E-state index contributed by atoms with van der Waals surface area (Å²) in [7, 11) is -4.25. The highest BCUT2D eigenvalue weighted by molar-refractivity contribution is 7.91. The zero-order chi connectivity index (χ0) is 22.5. The molecular weight excluding hydrogens is 455 g/mol. The Hall–Kier alpha value is -2.34. The lowest BCUT2D eigenvalue weighted by Crippen LogP contribution is -2.17. The Balaban J connectivity index is 1.68. The number of carbonyl (C=O) groups is 1. The van der Waals surface area contributed by atoms with E-state index in [-0.39, 0.29) is 18.5 Å². The van der Waals surface area contributed by atoms with Gasteiger partial charge < -0.3 is 4.84 Å². The molecular formula is C19H20F3N3O4S2. The molecule has 0 radical (unpaired) electrons. The van der Waals surface area contributed by atoms with Crippen molar-refractivity contribution in [2.75, 3.05) is 5.75 Å². The number of nitrogens with zero attached hydrogens (tertiary/aromatic N) is 3. The maximum Gasteiger partial charge on any atom is 0.433 e. The van der Waals surface area contributed by atoms with Gasteiger partial charge in [0.1, 0.15) is 5.69 Å². The van der Waals surface area contributed by atoms with E-state index in [0.29, 0.717) is 10.9 Å². The normalized spacial score (nSPS) is 15.0. The first-order valence-corrected chi connectivity index (χ1v) is 12.2. The Kier molecular flexibility index (Phi) is 7.42. The largest absolute Gasteiger partial charge is 0.433 e. The second-order valence-electron chi connectivity index (χ2n) is 7.00. The van der Waals surface area contributed by atoms with Crippen LogP contribution < -0.4 is 0 Å². The van der Waals surface area contributed by atoms with Crippen molar-refractivity contribution in [3.63, 3.8) is 0 Å². The summed E-state index contributed by atoms with van der Waals surface area (Å²) in [6.07, 6.45) is -0.620. The summed E-state index contributed by atoms with van der Waals surface area (Å²) in [5.74, 6) is -1.29. The van der Waals surface area contributed by atoms with Crippen molar-refractivity contribution in [3.8, 4) is 10.6 Å². The molecule has 0 atom stereocenters. The van der Waals surface area contributed by atoms with Gasteiger partial charge in [-0.1, -0.05) is 17.6 Å². The van der Waals surface area contributed by atoms with Gasteiger partial charge in [0, 0.05) is 6.42 Å². The summed E-state index contributed by atoms with van der Waals surface area (Å²) in [4.78, 5) is 24.0. The van der Waals surface area contributed by atoms with E-state index in [2.05, 4.69) is 15.1 Å². The molecule has 1 saturated carbocycles. The molecule has 0 N–H and O–H groups in total. The second kappa shape index (κ2) is 9.86. The van der Waals surface area contributed by atoms with E-state index in [0.717, 1.165) is 49.2 Å². The zero-order valence-corrected chi connectivity index (χ0v) is 18.0. The quantitative estimate of drug-likeness (QED) is 0.329. The molecule has 0 aliphatic heterocycles. The summed E-state index contributed by atoms with van der Waals surface area (Å²) < 4.78 is 64.8. The number of thiophene rings is 1. The number of hydrogen-bond acceptors (Lipinski definition) is 8. The number of rotatable bonds is 7. The second-order valence-corrected chi connectivity index (χ2v) is 9.95. The topological polar surface area (TPSA) is 98.6 Å². The van der Waals surface area contributed by atoms with Crippen LogP contribution in [0.3, 0.4) is 0 Å². The van der Waals surface area contributed by atoms with Gasteiger partial charge in [-0.05, 0) is 49.6 Å². The molecule has 7 nitrogen and oxygen atoms in total. The first kappa shape index (κ1) is 23.3. The maximum atomic E-state index is 13.2. The molecule has 1 fully saturated rings. The molecule has 0 unspecified atom stereocenters. The van der Waals surface area contributed by atoms with E-state index in [1.165, 1.54) is 6.07 Å². The van der Waals surface area contributed by atoms with Crippen molar-refractivity contribution >= 4 is 32.9 Å². The molecule has 31 heavy (non-hydrogen) atoms. The predicted octanol–water partition coefficient (Wildman–Crippen LogP) is 4.64. The molecule has 0 bridgehead atoms. The third-order valence-electron chi connectivity index (χ3n) is 4.55. The van der Waals surface area contributed by atoms with Crippen LogP contribution in [-0.2, 0) is 25.6 Å². The molecule has 3 rings (SSSR count). The van der Waals surface area contributed by atoms with Crippen LogP contribution in [0.5, 0.6) is 0 Å². The average Bonchev–Trinajstić information content (AvgIpc) is 3.27. The fourth-order valence-corrected chi connectivity index (χ4v) is 4.84. The minimum absolute atomic E-state index is 0.126. The van der Waals surface area contributed by atoms with E-state index < -0.39 is 38.6 Å². The Bertz CT molecular complexity index is 1040. The van der Waals surface area contributed by atoms with Crippen molar-refractivity contribution in [3.05, 3.63) is 29.3 Å². The maximum absolute atomic E-state index is 13.2. The van der Waals surface area contributed by atoms with Crippen LogP contribution in [0.15, 0.2) is 33.9 Å². The number of carbonyl (C=O) groups excluding carboxylic acids is 1. The fraction of sp³-hybridized carbons (Fsp3) is 0.474. The number of alkyl halides is 3. The van der Waals surface area contributed by atoms with Gasteiger partial charge in [0.05, 0.1) is 22.0 Å². The zero-order valence-electron chi connectivity index (χ0n) is 16.4. The summed E-state index contributed by atoms with van der Waals surface area (Å²) >= 11 is 1.13. The van der Waals surface area contributed by atoms with Gasteiger partial charge in [0.15, 0.2) is 0 Å². The molecule has 0 aromatic carbocycles. The first-order valence-electron chi connectivity index (χ1n) is 9.64.